The van der Waals surface area contributed by atoms with E-state index in [1.165, 1.54) is 0 Å². The highest BCUT2D eigenvalue weighted by Gasteiger charge is 2.41. The normalized spacial score (nSPS) is 18.4. The molecule has 1 N–H and O–H groups in total. The number of likely N-dealkylation sites (tertiary alicyclic amines) is 1. The Kier molecular flexibility index (Phi) is 7.89. The zero-order valence-electron chi connectivity index (χ0n) is 20.3. The number of rotatable bonds is 8. The fourth-order valence-corrected chi connectivity index (χ4v) is 4.45. The third kappa shape index (κ3) is 5.81. The van der Waals surface area contributed by atoms with Crippen molar-refractivity contribution in [2.45, 2.75) is 57.4 Å². The maximum Gasteiger partial charge on any atom is 0.280 e. The van der Waals surface area contributed by atoms with Gasteiger partial charge in [-0.1, -0.05) is 50.2 Å². The molecule has 3 heterocycles. The van der Waals surface area contributed by atoms with Crippen molar-refractivity contribution >= 4 is 11.8 Å². The molecule has 0 radical (unpaired) electrons. The van der Waals surface area contributed by atoms with E-state index in [-0.39, 0.29) is 24.6 Å². The molecule has 11 heteroatoms. The average Bonchev–Trinajstić information content (AvgIpc) is 3.49. The lowest BCUT2D eigenvalue weighted by Crippen LogP contribution is -2.48. The molecule has 3 unspecified atom stereocenters. The zero-order chi connectivity index (χ0) is 26.7. The minimum Gasteiger partial charge on any atom is -0.342 e. The molecule has 3 atom stereocenters. The van der Waals surface area contributed by atoms with E-state index in [0.717, 1.165) is 21.8 Å². The molecule has 0 saturated carbocycles. The summed E-state index contributed by atoms with van der Waals surface area (Å²) in [5, 5.41) is 6.53. The first-order valence-corrected chi connectivity index (χ1v) is 11.9. The van der Waals surface area contributed by atoms with Gasteiger partial charge >= 0.3 is 0 Å². The largest absolute Gasteiger partial charge is 0.342 e. The Morgan fingerprint density at radius 3 is 2.49 bits per heavy atom. The van der Waals surface area contributed by atoms with Gasteiger partial charge in [0.05, 0.1) is 18.3 Å². The Balaban J connectivity index is 1.58. The Labute approximate surface area is 211 Å². The molecule has 1 aliphatic heterocycles. The second kappa shape index (κ2) is 11.1. The fourth-order valence-electron chi connectivity index (χ4n) is 4.45. The first-order valence-electron chi connectivity index (χ1n) is 11.9. The summed E-state index contributed by atoms with van der Waals surface area (Å²) in [6.07, 6.45) is -3.43. The summed E-state index contributed by atoms with van der Waals surface area (Å²) in [7, 11) is 0. The predicted octanol–water partition coefficient (Wildman–Crippen LogP) is 4.32. The van der Waals surface area contributed by atoms with E-state index in [1.54, 1.807) is 42.5 Å². The first-order chi connectivity index (χ1) is 17.7. The van der Waals surface area contributed by atoms with Crippen LogP contribution >= 0.6 is 0 Å². The van der Waals surface area contributed by atoms with Gasteiger partial charge in [0, 0.05) is 18.2 Å². The van der Waals surface area contributed by atoms with Crippen LogP contribution in [0.1, 0.15) is 61.2 Å². The number of aromatic nitrogens is 3. The van der Waals surface area contributed by atoms with Crippen LogP contribution in [0, 0.1) is 5.95 Å². The summed E-state index contributed by atoms with van der Waals surface area (Å²) < 4.78 is 56.3. The van der Waals surface area contributed by atoms with Crippen LogP contribution in [0.4, 0.5) is 17.6 Å². The van der Waals surface area contributed by atoms with Gasteiger partial charge in [-0.25, -0.2) is 18.2 Å². The minimum absolute atomic E-state index is 0.0914. The molecular formula is C26H27F4N5O2. The van der Waals surface area contributed by atoms with Crippen molar-refractivity contribution < 1.29 is 27.2 Å². The van der Waals surface area contributed by atoms with E-state index >= 15 is 0 Å². The fraction of sp³-hybridized carbons (Fsp3) is 0.385. The van der Waals surface area contributed by atoms with Crippen LogP contribution in [0.2, 0.25) is 0 Å². The number of carbonyl (C=O) groups is 2. The molecule has 0 aliphatic carbocycles. The second-order valence-corrected chi connectivity index (χ2v) is 9.23. The molecule has 1 aromatic carbocycles. The van der Waals surface area contributed by atoms with Gasteiger partial charge in [0.25, 0.3) is 6.43 Å². The molecule has 1 fully saturated rings. The molecular weight excluding hydrogens is 490 g/mol. The molecule has 0 bridgehead atoms. The Morgan fingerprint density at radius 1 is 1.11 bits per heavy atom. The molecule has 2 aromatic heterocycles. The first kappa shape index (κ1) is 26.3. The van der Waals surface area contributed by atoms with Gasteiger partial charge < -0.3 is 10.2 Å². The number of benzene rings is 1. The number of amides is 2. The third-order valence-corrected chi connectivity index (χ3v) is 6.37. The molecule has 3 aromatic rings. The Hall–Kier alpha value is -3.76. The summed E-state index contributed by atoms with van der Waals surface area (Å²) in [6, 6.07) is 11.0. The monoisotopic (exact) mass is 517 g/mol. The Morgan fingerprint density at radius 2 is 1.84 bits per heavy atom. The zero-order valence-corrected chi connectivity index (χ0v) is 20.3. The lowest BCUT2D eigenvalue weighted by atomic mass is 9.99. The van der Waals surface area contributed by atoms with Crippen molar-refractivity contribution in [2.75, 3.05) is 6.54 Å². The van der Waals surface area contributed by atoms with Crippen LogP contribution in [0.25, 0.3) is 0 Å². The summed E-state index contributed by atoms with van der Waals surface area (Å²) in [5.41, 5.74) is 0.835. The smallest absolute Gasteiger partial charge is 0.280 e. The number of halogens is 4. The molecule has 0 spiro atoms. The van der Waals surface area contributed by atoms with E-state index in [4.69, 9.17) is 0 Å². The third-order valence-electron chi connectivity index (χ3n) is 6.37. The van der Waals surface area contributed by atoms with E-state index in [2.05, 4.69) is 15.4 Å². The van der Waals surface area contributed by atoms with E-state index in [0.29, 0.717) is 11.1 Å². The second-order valence-electron chi connectivity index (χ2n) is 9.23. The van der Waals surface area contributed by atoms with Crippen LogP contribution in [-0.2, 0) is 16.1 Å². The van der Waals surface area contributed by atoms with Crippen molar-refractivity contribution in [2.24, 2.45) is 0 Å². The lowest BCUT2D eigenvalue weighted by Gasteiger charge is -2.27. The molecule has 196 valence electrons. The van der Waals surface area contributed by atoms with Crippen molar-refractivity contribution in [3.63, 3.8) is 0 Å². The standard InChI is InChI=1S/C26H27F4N5O2/c1-15(2)18-8-9-19(32-25(18)30)23(16-6-4-3-5-7-16)33-26(37)21-12-17(27)13-34(21)22(36)14-35-20(24(28)29)10-11-31-35/h3-11,15,17,21,23-24H,12-14H2,1-2H3,(H,33,37). The highest BCUT2D eigenvalue weighted by Crippen LogP contribution is 2.27. The number of nitrogens with one attached hydrogen (secondary N) is 1. The van der Waals surface area contributed by atoms with Crippen LogP contribution in [0.5, 0.6) is 0 Å². The van der Waals surface area contributed by atoms with Gasteiger partial charge in [-0.2, -0.15) is 9.49 Å². The maximum atomic E-state index is 14.7. The molecule has 2 amide bonds. The minimum atomic E-state index is -2.84. The SMILES string of the molecule is CC(C)c1ccc(C(NC(=O)C2CC(F)CN2C(=O)Cn2nccc2C(F)F)c2ccccc2)nc1F. The molecule has 1 aliphatic rings. The van der Waals surface area contributed by atoms with Crippen molar-refractivity contribution in [1.29, 1.82) is 0 Å². The number of hydrogen-bond donors (Lipinski definition) is 1. The van der Waals surface area contributed by atoms with Gasteiger partial charge in [-0.15, -0.1) is 0 Å². The van der Waals surface area contributed by atoms with Gasteiger partial charge in [0.2, 0.25) is 17.8 Å². The van der Waals surface area contributed by atoms with Gasteiger partial charge in [-0.3, -0.25) is 14.3 Å². The molecule has 37 heavy (non-hydrogen) atoms. The van der Waals surface area contributed by atoms with Crippen LogP contribution in [-0.4, -0.2) is 50.2 Å². The van der Waals surface area contributed by atoms with E-state index in [1.807, 2.05) is 13.8 Å². The Bertz CT molecular complexity index is 1250. The van der Waals surface area contributed by atoms with Gasteiger partial charge in [0.15, 0.2) is 0 Å². The van der Waals surface area contributed by atoms with Gasteiger partial charge in [-0.05, 0) is 23.6 Å². The number of nitrogens with zero attached hydrogens (tertiary/aromatic N) is 4. The topological polar surface area (TPSA) is 80.1 Å². The summed E-state index contributed by atoms with van der Waals surface area (Å²) in [5.74, 6) is -2.12. The highest BCUT2D eigenvalue weighted by atomic mass is 19.3. The molecule has 4 rings (SSSR count). The van der Waals surface area contributed by atoms with E-state index in [9.17, 15) is 27.2 Å². The van der Waals surface area contributed by atoms with Gasteiger partial charge in [0.1, 0.15) is 24.5 Å². The van der Waals surface area contributed by atoms with Crippen molar-refractivity contribution in [1.82, 2.24) is 25.0 Å². The summed E-state index contributed by atoms with van der Waals surface area (Å²) >= 11 is 0. The summed E-state index contributed by atoms with van der Waals surface area (Å²) in [4.78, 5) is 31.4. The maximum absolute atomic E-state index is 14.7. The number of alkyl halides is 3. The molecule has 7 nitrogen and oxygen atoms in total. The summed E-state index contributed by atoms with van der Waals surface area (Å²) in [6.45, 7) is 2.76. The van der Waals surface area contributed by atoms with Crippen molar-refractivity contribution in [3.8, 4) is 0 Å². The highest BCUT2D eigenvalue weighted by molar-refractivity contribution is 5.88. The number of hydrogen-bond acceptors (Lipinski definition) is 4. The van der Waals surface area contributed by atoms with Crippen molar-refractivity contribution in [3.05, 3.63) is 83.2 Å². The molecule has 1 saturated heterocycles. The van der Waals surface area contributed by atoms with Crippen LogP contribution in [0.15, 0.2) is 54.7 Å². The number of carbonyl (C=O) groups excluding carboxylic acids is 2. The van der Waals surface area contributed by atoms with Crippen LogP contribution in [0.3, 0.4) is 0 Å². The number of pyridine rings is 1. The van der Waals surface area contributed by atoms with Crippen LogP contribution < -0.4 is 5.32 Å². The quantitative estimate of drug-likeness (QED) is 0.357. The predicted molar refractivity (Wildman–Crippen MR) is 127 cm³/mol. The lowest BCUT2D eigenvalue weighted by molar-refractivity contribution is -0.139. The average molecular weight is 518 g/mol. The van der Waals surface area contributed by atoms with E-state index < -0.39 is 54.7 Å².